The molecule has 1 N–H and O–H groups in total. The topological polar surface area (TPSA) is 77.0 Å². The van der Waals surface area contributed by atoms with Crippen LogP contribution in [0.1, 0.15) is 23.3 Å². The molecule has 1 saturated heterocycles. The monoisotopic (exact) mass is 398 g/mol. The molecule has 6 nitrogen and oxygen atoms in total. The van der Waals surface area contributed by atoms with Gasteiger partial charge in [0.05, 0.1) is 5.69 Å². The Hall–Kier alpha value is -2.29. The van der Waals surface area contributed by atoms with Gasteiger partial charge in [0, 0.05) is 30.2 Å². The fourth-order valence-electron chi connectivity index (χ4n) is 2.73. The quantitative estimate of drug-likeness (QED) is 0.707. The fraction of sp³-hybridized carbons (Fsp3) is 0.263. The van der Waals surface area contributed by atoms with Crippen LogP contribution in [0.3, 0.4) is 0 Å². The van der Waals surface area contributed by atoms with E-state index >= 15 is 0 Å². The SMILES string of the molecule is O=C(NC1CCOCC1)c1ccc(Sc2nc(-c3ccccc3)cs2)nn1. The fourth-order valence-corrected chi connectivity index (χ4v) is 4.42. The summed E-state index contributed by atoms with van der Waals surface area (Å²) in [6.45, 7) is 1.37. The predicted octanol–water partition coefficient (Wildman–Crippen LogP) is 3.66. The molecule has 0 saturated carbocycles. The van der Waals surface area contributed by atoms with Crippen molar-refractivity contribution >= 4 is 29.0 Å². The Bertz CT molecular complexity index is 894. The number of thiazole rings is 1. The summed E-state index contributed by atoms with van der Waals surface area (Å²) in [4.78, 5) is 16.9. The molecule has 1 aliphatic heterocycles. The van der Waals surface area contributed by atoms with Crippen LogP contribution >= 0.6 is 23.1 Å². The van der Waals surface area contributed by atoms with Gasteiger partial charge in [0.25, 0.3) is 5.91 Å². The first kappa shape index (κ1) is 18.1. The summed E-state index contributed by atoms with van der Waals surface area (Å²) in [5, 5.41) is 14.0. The van der Waals surface area contributed by atoms with Crippen molar-refractivity contribution in [2.24, 2.45) is 0 Å². The lowest BCUT2D eigenvalue weighted by atomic mass is 10.1. The van der Waals surface area contributed by atoms with Crippen molar-refractivity contribution < 1.29 is 9.53 Å². The largest absolute Gasteiger partial charge is 0.381 e. The molecule has 8 heteroatoms. The maximum Gasteiger partial charge on any atom is 0.272 e. The Kier molecular flexibility index (Phi) is 5.76. The van der Waals surface area contributed by atoms with Gasteiger partial charge >= 0.3 is 0 Å². The van der Waals surface area contributed by atoms with E-state index < -0.39 is 0 Å². The molecular formula is C19H18N4O2S2. The number of benzene rings is 1. The van der Waals surface area contributed by atoms with Crippen molar-refractivity contribution in [2.45, 2.75) is 28.2 Å². The summed E-state index contributed by atoms with van der Waals surface area (Å²) >= 11 is 3.01. The minimum Gasteiger partial charge on any atom is -0.381 e. The number of aromatic nitrogens is 3. The highest BCUT2D eigenvalue weighted by Crippen LogP contribution is 2.31. The molecule has 2 aromatic heterocycles. The third kappa shape index (κ3) is 4.71. The maximum atomic E-state index is 12.3. The van der Waals surface area contributed by atoms with E-state index in [1.165, 1.54) is 11.8 Å². The van der Waals surface area contributed by atoms with Crippen LogP contribution in [0.2, 0.25) is 0 Å². The van der Waals surface area contributed by atoms with Gasteiger partial charge in [0.1, 0.15) is 5.03 Å². The molecule has 4 rings (SSSR count). The van der Waals surface area contributed by atoms with Gasteiger partial charge in [-0.15, -0.1) is 21.5 Å². The van der Waals surface area contributed by atoms with E-state index in [0.717, 1.165) is 28.4 Å². The van der Waals surface area contributed by atoms with Gasteiger partial charge in [-0.3, -0.25) is 4.79 Å². The molecule has 0 unspecified atom stereocenters. The van der Waals surface area contributed by atoms with Gasteiger partial charge < -0.3 is 10.1 Å². The van der Waals surface area contributed by atoms with E-state index in [-0.39, 0.29) is 11.9 Å². The molecule has 0 atom stereocenters. The van der Waals surface area contributed by atoms with Crippen LogP contribution < -0.4 is 5.32 Å². The van der Waals surface area contributed by atoms with E-state index in [1.807, 2.05) is 35.7 Å². The highest BCUT2D eigenvalue weighted by molar-refractivity contribution is 8.01. The van der Waals surface area contributed by atoms with E-state index in [1.54, 1.807) is 23.5 Å². The summed E-state index contributed by atoms with van der Waals surface area (Å²) in [6, 6.07) is 13.7. The lowest BCUT2D eigenvalue weighted by Crippen LogP contribution is -2.39. The smallest absolute Gasteiger partial charge is 0.272 e. The molecule has 3 aromatic rings. The Morgan fingerprint density at radius 2 is 1.93 bits per heavy atom. The second kappa shape index (κ2) is 8.60. The molecule has 0 bridgehead atoms. The van der Waals surface area contributed by atoms with Crippen molar-refractivity contribution in [2.75, 3.05) is 13.2 Å². The Labute approximate surface area is 165 Å². The Morgan fingerprint density at radius 1 is 1.11 bits per heavy atom. The van der Waals surface area contributed by atoms with Gasteiger partial charge in [-0.2, -0.15) is 0 Å². The number of hydrogen-bond donors (Lipinski definition) is 1. The van der Waals surface area contributed by atoms with Gasteiger partial charge in [0.2, 0.25) is 0 Å². The van der Waals surface area contributed by atoms with Gasteiger partial charge in [-0.05, 0) is 36.7 Å². The first-order chi connectivity index (χ1) is 13.3. The van der Waals surface area contributed by atoms with Crippen LogP contribution in [-0.4, -0.2) is 40.3 Å². The van der Waals surface area contributed by atoms with Crippen molar-refractivity contribution in [1.82, 2.24) is 20.5 Å². The van der Waals surface area contributed by atoms with Crippen LogP contribution in [0.15, 0.2) is 57.2 Å². The van der Waals surface area contributed by atoms with Crippen molar-refractivity contribution in [3.05, 3.63) is 53.5 Å². The summed E-state index contributed by atoms with van der Waals surface area (Å²) in [7, 11) is 0. The molecule has 1 aromatic carbocycles. The minimum absolute atomic E-state index is 0.147. The van der Waals surface area contributed by atoms with E-state index in [2.05, 4.69) is 20.5 Å². The second-order valence-electron chi connectivity index (χ2n) is 6.08. The summed E-state index contributed by atoms with van der Waals surface area (Å²) in [6.07, 6.45) is 1.67. The van der Waals surface area contributed by atoms with Crippen LogP contribution in [-0.2, 0) is 4.74 Å². The number of hydrogen-bond acceptors (Lipinski definition) is 7. The number of nitrogens with zero attached hydrogens (tertiary/aromatic N) is 3. The molecule has 1 aliphatic rings. The standard InChI is InChI=1S/C19H18N4O2S2/c24-18(20-14-8-10-25-11-9-14)15-6-7-17(23-22-15)27-19-21-16(12-26-19)13-4-2-1-3-5-13/h1-7,12,14H,8-11H2,(H,20,24). The van der Waals surface area contributed by atoms with Crippen LogP contribution in [0, 0.1) is 0 Å². The zero-order valence-electron chi connectivity index (χ0n) is 14.5. The van der Waals surface area contributed by atoms with Crippen LogP contribution in [0.25, 0.3) is 11.3 Å². The number of carbonyl (C=O) groups is 1. The lowest BCUT2D eigenvalue weighted by Gasteiger charge is -2.22. The van der Waals surface area contributed by atoms with Crippen LogP contribution in [0.5, 0.6) is 0 Å². The molecule has 138 valence electrons. The lowest BCUT2D eigenvalue weighted by molar-refractivity contribution is 0.0693. The molecule has 27 heavy (non-hydrogen) atoms. The van der Waals surface area contributed by atoms with Crippen molar-refractivity contribution in [3.8, 4) is 11.3 Å². The molecule has 0 spiro atoms. The summed E-state index contributed by atoms with van der Waals surface area (Å²) in [5.74, 6) is -0.188. The third-order valence-corrected chi connectivity index (χ3v) is 6.04. The molecule has 3 heterocycles. The zero-order valence-corrected chi connectivity index (χ0v) is 16.1. The molecule has 0 radical (unpaired) electrons. The molecular weight excluding hydrogens is 380 g/mol. The number of rotatable bonds is 5. The van der Waals surface area contributed by atoms with E-state index in [9.17, 15) is 4.79 Å². The van der Waals surface area contributed by atoms with Crippen LogP contribution in [0.4, 0.5) is 0 Å². The van der Waals surface area contributed by atoms with Crippen molar-refractivity contribution in [3.63, 3.8) is 0 Å². The second-order valence-corrected chi connectivity index (χ2v) is 8.21. The molecule has 1 amide bonds. The number of carbonyl (C=O) groups excluding carboxylic acids is 1. The average Bonchev–Trinajstić information content (AvgIpc) is 3.18. The van der Waals surface area contributed by atoms with Crippen molar-refractivity contribution in [1.29, 1.82) is 0 Å². The summed E-state index contributed by atoms with van der Waals surface area (Å²) in [5.41, 5.74) is 2.37. The highest BCUT2D eigenvalue weighted by atomic mass is 32.2. The average molecular weight is 399 g/mol. The van der Waals surface area contributed by atoms with E-state index in [0.29, 0.717) is 23.9 Å². The van der Waals surface area contributed by atoms with Gasteiger partial charge in [0.15, 0.2) is 10.0 Å². The number of ether oxygens (including phenoxy) is 1. The molecule has 1 fully saturated rings. The number of amides is 1. The first-order valence-electron chi connectivity index (χ1n) is 8.69. The predicted molar refractivity (Wildman–Crippen MR) is 105 cm³/mol. The number of nitrogens with one attached hydrogen (secondary N) is 1. The van der Waals surface area contributed by atoms with Gasteiger partial charge in [-0.1, -0.05) is 30.3 Å². The van der Waals surface area contributed by atoms with Gasteiger partial charge in [-0.25, -0.2) is 4.98 Å². The molecule has 0 aliphatic carbocycles. The highest BCUT2D eigenvalue weighted by Gasteiger charge is 2.18. The zero-order chi connectivity index (χ0) is 18.5. The third-order valence-electron chi connectivity index (χ3n) is 4.17. The summed E-state index contributed by atoms with van der Waals surface area (Å²) < 4.78 is 6.19. The minimum atomic E-state index is -0.188. The normalized spacial score (nSPS) is 14.8. The Morgan fingerprint density at radius 3 is 2.67 bits per heavy atom. The Balaban J connectivity index is 1.38. The first-order valence-corrected chi connectivity index (χ1v) is 10.4. The maximum absolute atomic E-state index is 12.3. The van der Waals surface area contributed by atoms with E-state index in [4.69, 9.17) is 4.74 Å².